The second-order valence-electron chi connectivity index (χ2n) is 8.72. The van der Waals surface area contributed by atoms with Crippen LogP contribution in [0.5, 0.6) is 5.88 Å². The molecule has 3 rings (SSSR count). The van der Waals surface area contributed by atoms with Crippen LogP contribution in [-0.2, 0) is 9.53 Å². The maximum atomic E-state index is 13.5. The van der Waals surface area contributed by atoms with Crippen LogP contribution in [0, 0.1) is 12.8 Å². The third-order valence-corrected chi connectivity index (χ3v) is 6.12. The number of aliphatic hydroxyl groups excluding tert-OH is 1. The topological polar surface area (TPSA) is 92.2 Å². The van der Waals surface area contributed by atoms with Crippen molar-refractivity contribution in [1.29, 1.82) is 0 Å². The van der Waals surface area contributed by atoms with Crippen molar-refractivity contribution in [2.75, 3.05) is 40.5 Å². The number of pyridine rings is 1. The smallest absolute Gasteiger partial charge is 0.259 e. The first-order valence-electron chi connectivity index (χ1n) is 11.1. The van der Waals surface area contributed by atoms with Crippen LogP contribution in [0.25, 0.3) is 11.1 Å². The van der Waals surface area contributed by atoms with Gasteiger partial charge < -0.3 is 24.4 Å². The van der Waals surface area contributed by atoms with Crippen molar-refractivity contribution in [2.45, 2.75) is 32.9 Å². The fraction of sp³-hybridized carbons (Fsp3) is 0.480. The minimum Gasteiger partial charge on any atom is -0.472 e. The van der Waals surface area contributed by atoms with Crippen LogP contribution < -0.4 is 4.74 Å². The van der Waals surface area contributed by atoms with Gasteiger partial charge in [0.2, 0.25) is 11.8 Å². The van der Waals surface area contributed by atoms with Crippen molar-refractivity contribution in [3.05, 3.63) is 47.7 Å². The van der Waals surface area contributed by atoms with Crippen LogP contribution in [0.2, 0.25) is 0 Å². The number of nitrogens with zero attached hydrogens (tertiary/aromatic N) is 3. The highest BCUT2D eigenvalue weighted by molar-refractivity contribution is 5.98. The summed E-state index contributed by atoms with van der Waals surface area (Å²) >= 11 is 0. The van der Waals surface area contributed by atoms with Gasteiger partial charge in [-0.2, -0.15) is 0 Å². The van der Waals surface area contributed by atoms with E-state index in [-0.39, 0.29) is 42.9 Å². The molecule has 1 aromatic heterocycles. The summed E-state index contributed by atoms with van der Waals surface area (Å²) < 4.78 is 11.2. The predicted molar refractivity (Wildman–Crippen MR) is 125 cm³/mol. The van der Waals surface area contributed by atoms with Gasteiger partial charge in [0, 0.05) is 38.4 Å². The van der Waals surface area contributed by atoms with Gasteiger partial charge in [-0.1, -0.05) is 31.2 Å². The summed E-state index contributed by atoms with van der Waals surface area (Å²) in [6.07, 6.45) is 1.31. The Bertz CT molecular complexity index is 996. The van der Waals surface area contributed by atoms with Crippen molar-refractivity contribution in [3.8, 4) is 17.0 Å². The molecule has 8 nitrogen and oxygen atoms in total. The van der Waals surface area contributed by atoms with Gasteiger partial charge in [-0.15, -0.1) is 0 Å². The van der Waals surface area contributed by atoms with Crippen molar-refractivity contribution >= 4 is 11.8 Å². The van der Waals surface area contributed by atoms with E-state index in [1.54, 1.807) is 29.1 Å². The molecule has 0 bridgehead atoms. The summed E-state index contributed by atoms with van der Waals surface area (Å²) in [4.78, 5) is 33.6. The number of carbonyl (C=O) groups excluding carboxylic acids is 2. The molecule has 1 N–H and O–H groups in total. The molecule has 8 heteroatoms. The zero-order valence-corrected chi connectivity index (χ0v) is 19.9. The van der Waals surface area contributed by atoms with Crippen LogP contribution in [0.4, 0.5) is 0 Å². The van der Waals surface area contributed by atoms with Gasteiger partial charge in [0.1, 0.15) is 18.3 Å². The highest BCUT2D eigenvalue weighted by Gasteiger charge is 2.34. The largest absolute Gasteiger partial charge is 0.472 e. The molecule has 178 valence electrons. The number of ether oxygens (including phenoxy) is 2. The summed E-state index contributed by atoms with van der Waals surface area (Å²) in [5.74, 6) is -0.262. The number of likely N-dealkylation sites (N-methyl/N-ethyl adjacent to an activating group) is 1. The first-order valence-corrected chi connectivity index (χ1v) is 11.1. The maximum absolute atomic E-state index is 13.5. The number of aliphatic hydroxyl groups is 1. The molecule has 2 aromatic rings. The van der Waals surface area contributed by atoms with Gasteiger partial charge in [-0.05, 0) is 31.0 Å². The fourth-order valence-electron chi connectivity index (χ4n) is 3.97. The van der Waals surface area contributed by atoms with Crippen LogP contribution in [0.1, 0.15) is 29.8 Å². The molecule has 1 aliphatic heterocycles. The molecule has 0 unspecified atom stereocenters. The molecule has 3 atom stereocenters. The molecule has 0 fully saturated rings. The Hall–Kier alpha value is -2.97. The Morgan fingerprint density at radius 3 is 2.76 bits per heavy atom. The number of aryl methyl sites for hydroxylation is 1. The average Bonchev–Trinajstić information content (AvgIpc) is 2.81. The molecular formula is C25H33N3O5. The SMILES string of the molecule is COCC(=O)N(C)C[C@H]1Oc2ncc(-c3ccccc3C)cc2C(=O)N([C@H](C)CO)C[C@H]1C. The van der Waals surface area contributed by atoms with E-state index in [4.69, 9.17) is 9.47 Å². The molecule has 0 radical (unpaired) electrons. The van der Waals surface area contributed by atoms with E-state index >= 15 is 0 Å². The Kier molecular flexibility index (Phi) is 8.05. The molecule has 0 aliphatic carbocycles. The van der Waals surface area contributed by atoms with E-state index in [1.807, 2.05) is 45.0 Å². The predicted octanol–water partition coefficient (Wildman–Crippen LogP) is 2.38. The van der Waals surface area contributed by atoms with Gasteiger partial charge in [-0.25, -0.2) is 4.98 Å². The number of amides is 2. The van der Waals surface area contributed by atoms with E-state index in [0.717, 1.165) is 16.7 Å². The zero-order chi connectivity index (χ0) is 24.1. The molecule has 1 aliphatic rings. The van der Waals surface area contributed by atoms with Crippen molar-refractivity contribution in [1.82, 2.24) is 14.8 Å². The molecule has 0 saturated carbocycles. The van der Waals surface area contributed by atoms with Gasteiger partial charge in [0.25, 0.3) is 5.91 Å². The zero-order valence-electron chi connectivity index (χ0n) is 19.9. The monoisotopic (exact) mass is 455 g/mol. The van der Waals surface area contributed by atoms with Crippen molar-refractivity contribution in [3.63, 3.8) is 0 Å². The summed E-state index contributed by atoms with van der Waals surface area (Å²) in [5, 5.41) is 9.81. The van der Waals surface area contributed by atoms with Gasteiger partial charge in [0.15, 0.2) is 0 Å². The molecule has 0 spiro atoms. The molecule has 2 amide bonds. The van der Waals surface area contributed by atoms with E-state index in [0.29, 0.717) is 18.7 Å². The molecule has 2 heterocycles. The number of aromatic nitrogens is 1. The fourth-order valence-corrected chi connectivity index (χ4v) is 3.97. The third kappa shape index (κ3) is 5.51. The van der Waals surface area contributed by atoms with Crippen LogP contribution in [0.15, 0.2) is 36.5 Å². The van der Waals surface area contributed by atoms with Gasteiger partial charge in [-0.3, -0.25) is 9.59 Å². The number of methoxy groups -OCH3 is 1. The molecular weight excluding hydrogens is 422 g/mol. The van der Waals surface area contributed by atoms with Gasteiger partial charge >= 0.3 is 0 Å². The lowest BCUT2D eigenvalue weighted by Gasteiger charge is -2.37. The Morgan fingerprint density at radius 2 is 2.09 bits per heavy atom. The lowest BCUT2D eigenvalue weighted by atomic mass is 9.98. The second-order valence-corrected chi connectivity index (χ2v) is 8.72. The standard InChI is InChI=1S/C25H33N3O5/c1-16-8-6-7-9-20(16)19-10-21-24(26-11-19)33-22(13-27(4)23(30)15-32-5)17(2)12-28(25(21)31)18(3)14-29/h6-11,17-18,22,29H,12-15H2,1-5H3/t17-,18-,22-/m1/s1. The van der Waals surface area contributed by atoms with Crippen LogP contribution in [-0.4, -0.2) is 84.3 Å². The third-order valence-electron chi connectivity index (χ3n) is 6.12. The van der Waals surface area contributed by atoms with Crippen LogP contribution >= 0.6 is 0 Å². The maximum Gasteiger partial charge on any atom is 0.259 e. The lowest BCUT2D eigenvalue weighted by Crippen LogP contribution is -2.50. The quantitative estimate of drug-likeness (QED) is 0.689. The normalized spacial score (nSPS) is 19.2. The van der Waals surface area contributed by atoms with Crippen molar-refractivity contribution < 1.29 is 24.2 Å². The van der Waals surface area contributed by atoms with Crippen LogP contribution in [0.3, 0.4) is 0 Å². The first kappa shape index (κ1) is 24.7. The summed E-state index contributed by atoms with van der Waals surface area (Å²) in [6.45, 7) is 6.32. The number of carbonyl (C=O) groups is 2. The molecule has 33 heavy (non-hydrogen) atoms. The minimum atomic E-state index is -0.395. The van der Waals surface area contributed by atoms with E-state index < -0.39 is 6.10 Å². The van der Waals surface area contributed by atoms with Gasteiger partial charge in [0.05, 0.1) is 19.2 Å². The van der Waals surface area contributed by atoms with E-state index in [2.05, 4.69) is 4.98 Å². The molecule has 0 saturated heterocycles. The number of benzene rings is 1. The summed E-state index contributed by atoms with van der Waals surface area (Å²) in [6, 6.07) is 9.34. The molecule has 1 aromatic carbocycles. The van der Waals surface area contributed by atoms with E-state index in [1.165, 1.54) is 7.11 Å². The number of rotatable bonds is 7. The summed E-state index contributed by atoms with van der Waals surface area (Å²) in [7, 11) is 3.18. The number of hydrogen-bond acceptors (Lipinski definition) is 6. The Balaban J connectivity index is 2.02. The average molecular weight is 456 g/mol. The number of fused-ring (bicyclic) bond motifs is 1. The lowest BCUT2D eigenvalue weighted by molar-refractivity contribution is -0.135. The first-order chi connectivity index (χ1) is 15.8. The van der Waals surface area contributed by atoms with E-state index in [9.17, 15) is 14.7 Å². The van der Waals surface area contributed by atoms with Crippen molar-refractivity contribution in [2.24, 2.45) is 5.92 Å². The Labute approximate surface area is 195 Å². The highest BCUT2D eigenvalue weighted by Crippen LogP contribution is 2.31. The number of hydrogen-bond donors (Lipinski definition) is 1. The summed E-state index contributed by atoms with van der Waals surface area (Å²) in [5.41, 5.74) is 3.22. The second kappa shape index (κ2) is 10.8. The Morgan fingerprint density at radius 1 is 1.36 bits per heavy atom. The minimum absolute atomic E-state index is 0.0155. The highest BCUT2D eigenvalue weighted by atomic mass is 16.5.